The molecule has 0 aliphatic heterocycles. The van der Waals surface area contributed by atoms with Crippen LogP contribution in [0.3, 0.4) is 0 Å². The van der Waals surface area contributed by atoms with Crippen LogP contribution in [-0.4, -0.2) is 10.9 Å². The molecule has 0 spiro atoms. The molecule has 2 aromatic carbocycles. The largest absolute Gasteiger partial charge is 0.275 e. The number of thioether (sulfide) groups is 1. The molecule has 128 valence electrons. The monoisotopic (exact) mass is 370 g/mol. The summed E-state index contributed by atoms with van der Waals surface area (Å²) in [5.74, 6) is 0.493. The van der Waals surface area contributed by atoms with E-state index in [9.17, 15) is 4.79 Å². The Kier molecular flexibility index (Phi) is 6.22. The van der Waals surface area contributed by atoms with Crippen molar-refractivity contribution in [2.75, 3.05) is 0 Å². The minimum Gasteiger partial charge on any atom is -0.269 e. The van der Waals surface area contributed by atoms with Gasteiger partial charge in [-0.3, -0.25) is 9.63 Å². The van der Waals surface area contributed by atoms with Crippen molar-refractivity contribution in [2.45, 2.75) is 24.2 Å². The van der Waals surface area contributed by atoms with Crippen LogP contribution in [0, 0.1) is 6.92 Å². The molecule has 1 heterocycles. The third-order valence-corrected chi connectivity index (χ3v) is 5.35. The molecule has 0 fully saturated rings. The highest BCUT2D eigenvalue weighted by Gasteiger charge is 2.12. The number of rotatable bonds is 7. The van der Waals surface area contributed by atoms with E-state index in [1.165, 1.54) is 0 Å². The predicted octanol–water partition coefficient (Wildman–Crippen LogP) is 4.61. The molecule has 3 aromatic rings. The SMILES string of the molecule is Cc1nc(CSc2ccccc2C(=O)NOCc2ccccc2)cs1. The van der Waals surface area contributed by atoms with Crippen molar-refractivity contribution < 1.29 is 9.63 Å². The number of hydroxylamine groups is 1. The molecule has 0 aliphatic carbocycles. The van der Waals surface area contributed by atoms with Crippen LogP contribution in [0.1, 0.15) is 26.6 Å². The Balaban J connectivity index is 1.58. The van der Waals surface area contributed by atoms with Crippen LogP contribution in [0.5, 0.6) is 0 Å². The van der Waals surface area contributed by atoms with Gasteiger partial charge < -0.3 is 0 Å². The van der Waals surface area contributed by atoms with Gasteiger partial charge in [0.1, 0.15) is 0 Å². The number of amides is 1. The third kappa shape index (κ3) is 5.16. The maximum absolute atomic E-state index is 12.4. The van der Waals surface area contributed by atoms with Gasteiger partial charge in [-0.05, 0) is 24.6 Å². The summed E-state index contributed by atoms with van der Waals surface area (Å²) < 4.78 is 0. The van der Waals surface area contributed by atoms with Gasteiger partial charge in [0.25, 0.3) is 5.91 Å². The number of carbonyl (C=O) groups is 1. The lowest BCUT2D eigenvalue weighted by Crippen LogP contribution is -2.24. The highest BCUT2D eigenvalue weighted by atomic mass is 32.2. The summed E-state index contributed by atoms with van der Waals surface area (Å²) in [5, 5.41) is 3.10. The van der Waals surface area contributed by atoms with E-state index in [0.717, 1.165) is 26.9 Å². The average Bonchev–Trinajstić information content (AvgIpc) is 3.06. The summed E-state index contributed by atoms with van der Waals surface area (Å²) in [6.07, 6.45) is 0. The lowest BCUT2D eigenvalue weighted by molar-refractivity contribution is 0.0231. The predicted molar refractivity (Wildman–Crippen MR) is 102 cm³/mol. The number of aryl methyl sites for hydroxylation is 1. The van der Waals surface area contributed by atoms with E-state index < -0.39 is 0 Å². The van der Waals surface area contributed by atoms with Crippen LogP contribution in [0.25, 0.3) is 0 Å². The zero-order valence-electron chi connectivity index (χ0n) is 13.8. The molecular weight excluding hydrogens is 352 g/mol. The first kappa shape index (κ1) is 17.7. The van der Waals surface area contributed by atoms with Crippen molar-refractivity contribution in [1.29, 1.82) is 0 Å². The van der Waals surface area contributed by atoms with Gasteiger partial charge in [0.15, 0.2) is 0 Å². The van der Waals surface area contributed by atoms with Crippen LogP contribution in [0.4, 0.5) is 0 Å². The third-order valence-electron chi connectivity index (χ3n) is 3.42. The van der Waals surface area contributed by atoms with E-state index in [0.29, 0.717) is 12.2 Å². The van der Waals surface area contributed by atoms with Gasteiger partial charge in [-0.25, -0.2) is 10.5 Å². The van der Waals surface area contributed by atoms with Crippen molar-refractivity contribution in [1.82, 2.24) is 10.5 Å². The van der Waals surface area contributed by atoms with E-state index in [-0.39, 0.29) is 5.91 Å². The number of aromatic nitrogens is 1. The van der Waals surface area contributed by atoms with E-state index in [2.05, 4.69) is 10.5 Å². The van der Waals surface area contributed by atoms with E-state index in [4.69, 9.17) is 4.84 Å². The second-order valence-corrected chi connectivity index (χ2v) is 7.43. The van der Waals surface area contributed by atoms with Gasteiger partial charge >= 0.3 is 0 Å². The lowest BCUT2D eigenvalue weighted by atomic mass is 10.2. The van der Waals surface area contributed by atoms with Crippen molar-refractivity contribution in [3.63, 3.8) is 0 Å². The molecular formula is C19H18N2O2S2. The van der Waals surface area contributed by atoms with Gasteiger partial charge in [0, 0.05) is 16.0 Å². The normalized spacial score (nSPS) is 10.6. The molecule has 6 heteroatoms. The van der Waals surface area contributed by atoms with Crippen LogP contribution in [0.2, 0.25) is 0 Å². The second kappa shape index (κ2) is 8.80. The first-order valence-corrected chi connectivity index (χ1v) is 9.68. The fourth-order valence-corrected chi connectivity index (χ4v) is 3.88. The molecule has 4 nitrogen and oxygen atoms in total. The average molecular weight is 370 g/mol. The summed E-state index contributed by atoms with van der Waals surface area (Å²) >= 11 is 3.23. The van der Waals surface area contributed by atoms with Crippen molar-refractivity contribution in [3.8, 4) is 0 Å². The van der Waals surface area contributed by atoms with Crippen LogP contribution >= 0.6 is 23.1 Å². The summed E-state index contributed by atoms with van der Waals surface area (Å²) in [5.41, 5.74) is 5.16. The van der Waals surface area contributed by atoms with Crippen LogP contribution in [-0.2, 0) is 17.2 Å². The van der Waals surface area contributed by atoms with Gasteiger partial charge in [-0.1, -0.05) is 42.5 Å². The minimum atomic E-state index is -0.242. The molecule has 1 aromatic heterocycles. The summed E-state index contributed by atoms with van der Waals surface area (Å²) in [4.78, 5) is 23.1. The van der Waals surface area contributed by atoms with Crippen molar-refractivity contribution >= 4 is 29.0 Å². The maximum atomic E-state index is 12.4. The number of hydrogen-bond acceptors (Lipinski definition) is 5. The molecule has 0 saturated heterocycles. The Hall–Kier alpha value is -2.15. The van der Waals surface area contributed by atoms with Crippen LogP contribution < -0.4 is 5.48 Å². The standard InChI is InChI=1S/C19H18N2O2S2/c1-14-20-16(12-24-14)13-25-18-10-6-5-9-17(18)19(22)21-23-11-15-7-3-2-4-8-15/h2-10,12H,11,13H2,1H3,(H,21,22). The zero-order chi connectivity index (χ0) is 17.5. The second-order valence-electron chi connectivity index (χ2n) is 5.35. The highest BCUT2D eigenvalue weighted by Crippen LogP contribution is 2.26. The minimum absolute atomic E-state index is 0.242. The molecule has 0 bridgehead atoms. The van der Waals surface area contributed by atoms with Crippen molar-refractivity contribution in [2.24, 2.45) is 0 Å². The van der Waals surface area contributed by atoms with Gasteiger partial charge in [-0.15, -0.1) is 23.1 Å². The van der Waals surface area contributed by atoms with Crippen molar-refractivity contribution in [3.05, 3.63) is 81.8 Å². The smallest absolute Gasteiger partial charge is 0.269 e. The number of thiazole rings is 1. The zero-order valence-corrected chi connectivity index (χ0v) is 15.4. The Morgan fingerprint density at radius 1 is 1.16 bits per heavy atom. The van der Waals surface area contributed by atoms with Gasteiger partial charge in [-0.2, -0.15) is 0 Å². The molecule has 0 saturated carbocycles. The molecule has 0 atom stereocenters. The summed E-state index contributed by atoms with van der Waals surface area (Å²) in [6, 6.07) is 17.2. The molecule has 25 heavy (non-hydrogen) atoms. The fourth-order valence-electron chi connectivity index (χ4n) is 2.22. The number of benzene rings is 2. The quantitative estimate of drug-likeness (QED) is 0.488. The summed E-state index contributed by atoms with van der Waals surface area (Å²) in [6.45, 7) is 2.32. The molecule has 0 aliphatic rings. The Labute approximate surface area is 155 Å². The summed E-state index contributed by atoms with van der Waals surface area (Å²) in [7, 11) is 0. The lowest BCUT2D eigenvalue weighted by Gasteiger charge is -2.09. The van der Waals surface area contributed by atoms with Crippen LogP contribution in [0.15, 0.2) is 64.9 Å². The van der Waals surface area contributed by atoms with E-state index in [1.54, 1.807) is 29.2 Å². The molecule has 1 N–H and O–H groups in total. The first-order valence-electron chi connectivity index (χ1n) is 7.81. The number of nitrogens with one attached hydrogen (secondary N) is 1. The molecule has 3 rings (SSSR count). The Bertz CT molecular complexity index is 834. The molecule has 1 amide bonds. The Morgan fingerprint density at radius 2 is 1.92 bits per heavy atom. The van der Waals surface area contributed by atoms with Gasteiger partial charge in [0.2, 0.25) is 0 Å². The maximum Gasteiger partial charge on any atom is 0.275 e. The molecule has 0 radical (unpaired) electrons. The van der Waals surface area contributed by atoms with Gasteiger partial charge in [0.05, 0.1) is 22.9 Å². The Morgan fingerprint density at radius 3 is 2.68 bits per heavy atom. The van der Waals surface area contributed by atoms with E-state index >= 15 is 0 Å². The highest BCUT2D eigenvalue weighted by molar-refractivity contribution is 7.98. The fraction of sp³-hybridized carbons (Fsp3) is 0.158. The number of carbonyl (C=O) groups excluding carboxylic acids is 1. The van der Waals surface area contributed by atoms with E-state index in [1.807, 2.05) is 60.8 Å². The molecule has 0 unspecified atom stereocenters. The number of nitrogens with zero attached hydrogens (tertiary/aromatic N) is 1. The topological polar surface area (TPSA) is 51.2 Å². The first-order chi connectivity index (χ1) is 12.2. The number of hydrogen-bond donors (Lipinski definition) is 1.